The molecule has 0 bridgehead atoms. The molecule has 1 N–H and O–H groups in total. The number of aryl methyl sites for hydroxylation is 1. The summed E-state index contributed by atoms with van der Waals surface area (Å²) >= 11 is 1.99. The van der Waals surface area contributed by atoms with Crippen molar-refractivity contribution in [1.29, 1.82) is 0 Å². The first kappa shape index (κ1) is 15.0. The lowest BCUT2D eigenvalue weighted by atomic mass is 9.90. The lowest BCUT2D eigenvalue weighted by molar-refractivity contribution is -0.0628. The van der Waals surface area contributed by atoms with Gasteiger partial charge in [-0.1, -0.05) is 5.16 Å². The van der Waals surface area contributed by atoms with Crippen LogP contribution in [0.1, 0.15) is 25.1 Å². The number of thioether (sulfide) groups is 1. The number of rotatable bonds is 3. The maximum absolute atomic E-state index is 6.08. The Kier molecular flexibility index (Phi) is 3.98. The van der Waals surface area contributed by atoms with Crippen LogP contribution in [0.3, 0.4) is 0 Å². The van der Waals surface area contributed by atoms with Crippen molar-refractivity contribution in [2.75, 3.05) is 23.4 Å². The quantitative estimate of drug-likeness (QED) is 0.926. The van der Waals surface area contributed by atoms with Gasteiger partial charge >= 0.3 is 0 Å². The highest BCUT2D eigenvalue weighted by Gasteiger charge is 2.40. The van der Waals surface area contributed by atoms with Crippen LogP contribution in [-0.2, 0) is 4.74 Å². The average Bonchev–Trinajstić information content (AvgIpc) is 3.17. The molecule has 7 heteroatoms. The zero-order chi connectivity index (χ0) is 15.7. The van der Waals surface area contributed by atoms with Crippen LogP contribution < -0.4 is 5.32 Å². The minimum atomic E-state index is 0.0712. The fraction of sp³-hybridized carbons (Fsp3) is 0.562. The number of ether oxygens (including phenoxy) is 1. The summed E-state index contributed by atoms with van der Waals surface area (Å²) in [7, 11) is 0. The van der Waals surface area contributed by atoms with Crippen LogP contribution in [0.15, 0.2) is 22.9 Å². The number of nitrogens with one attached hydrogen (secondary N) is 1. The normalized spacial score (nSPS) is 27.4. The third-order valence-corrected chi connectivity index (χ3v) is 5.67. The second kappa shape index (κ2) is 6.13. The number of nitrogens with zero attached hydrogens (tertiary/aromatic N) is 3. The molecule has 2 saturated heterocycles. The molecule has 0 aliphatic carbocycles. The van der Waals surface area contributed by atoms with Crippen molar-refractivity contribution in [2.24, 2.45) is 0 Å². The second-order valence-electron chi connectivity index (χ2n) is 6.24. The molecule has 2 aromatic rings. The van der Waals surface area contributed by atoms with Gasteiger partial charge in [0.05, 0.1) is 5.60 Å². The lowest BCUT2D eigenvalue weighted by Crippen LogP contribution is -2.44. The zero-order valence-electron chi connectivity index (χ0n) is 13.1. The molecular weight excluding hydrogens is 312 g/mol. The summed E-state index contributed by atoms with van der Waals surface area (Å²) < 4.78 is 11.3. The molecule has 4 heterocycles. The van der Waals surface area contributed by atoms with Gasteiger partial charge < -0.3 is 14.6 Å². The third-order valence-electron chi connectivity index (χ3n) is 4.45. The molecule has 122 valence electrons. The molecule has 2 aromatic heterocycles. The van der Waals surface area contributed by atoms with Crippen molar-refractivity contribution < 1.29 is 9.26 Å². The number of hydrogen-bond donors (Lipinski definition) is 1. The largest absolute Gasteiger partial charge is 0.374 e. The summed E-state index contributed by atoms with van der Waals surface area (Å²) in [6.07, 6.45) is 4.99. The van der Waals surface area contributed by atoms with Gasteiger partial charge in [-0.25, -0.2) is 4.98 Å². The van der Waals surface area contributed by atoms with E-state index in [-0.39, 0.29) is 5.60 Å². The Morgan fingerprint density at radius 3 is 3.17 bits per heavy atom. The Morgan fingerprint density at radius 1 is 1.43 bits per heavy atom. The van der Waals surface area contributed by atoms with E-state index in [0.717, 1.165) is 43.0 Å². The molecule has 23 heavy (non-hydrogen) atoms. The van der Waals surface area contributed by atoms with Crippen LogP contribution >= 0.6 is 11.8 Å². The number of hydrogen-bond acceptors (Lipinski definition) is 7. The van der Waals surface area contributed by atoms with Crippen molar-refractivity contribution in [1.82, 2.24) is 15.1 Å². The van der Waals surface area contributed by atoms with E-state index in [9.17, 15) is 0 Å². The first-order valence-corrected chi connectivity index (χ1v) is 9.13. The van der Waals surface area contributed by atoms with Gasteiger partial charge in [0.2, 0.25) is 0 Å². The van der Waals surface area contributed by atoms with Crippen LogP contribution in [0.2, 0.25) is 0 Å². The highest BCUT2D eigenvalue weighted by molar-refractivity contribution is 7.99. The van der Waals surface area contributed by atoms with Gasteiger partial charge in [0.1, 0.15) is 5.82 Å². The molecule has 4 rings (SSSR count). The van der Waals surface area contributed by atoms with Gasteiger partial charge in [0.25, 0.3) is 5.89 Å². The number of anilines is 1. The van der Waals surface area contributed by atoms with Gasteiger partial charge in [-0.3, -0.25) is 0 Å². The smallest absolute Gasteiger partial charge is 0.258 e. The topological polar surface area (TPSA) is 73.1 Å². The minimum Gasteiger partial charge on any atom is -0.374 e. The molecule has 0 radical (unpaired) electrons. The van der Waals surface area contributed by atoms with Crippen LogP contribution in [0.4, 0.5) is 5.82 Å². The Bertz CT molecular complexity index is 684. The molecule has 6 nitrogen and oxygen atoms in total. The van der Waals surface area contributed by atoms with Crippen LogP contribution in [0, 0.1) is 6.92 Å². The molecule has 0 saturated carbocycles. The molecule has 0 amide bonds. The van der Waals surface area contributed by atoms with E-state index in [4.69, 9.17) is 9.26 Å². The van der Waals surface area contributed by atoms with E-state index in [1.165, 1.54) is 5.75 Å². The molecular formula is C16H20N4O2S. The van der Waals surface area contributed by atoms with Gasteiger partial charge in [-0.2, -0.15) is 16.7 Å². The molecule has 2 aliphatic heterocycles. The van der Waals surface area contributed by atoms with Crippen molar-refractivity contribution in [3.63, 3.8) is 0 Å². The predicted molar refractivity (Wildman–Crippen MR) is 89.5 cm³/mol. The first-order valence-electron chi connectivity index (χ1n) is 7.97. The second-order valence-corrected chi connectivity index (χ2v) is 7.35. The van der Waals surface area contributed by atoms with Gasteiger partial charge in [0.15, 0.2) is 5.82 Å². The molecule has 0 aromatic carbocycles. The average molecular weight is 332 g/mol. The van der Waals surface area contributed by atoms with Gasteiger partial charge in [-0.15, -0.1) is 0 Å². The fourth-order valence-corrected chi connectivity index (χ4v) is 4.66. The minimum absolute atomic E-state index is 0.0712. The van der Waals surface area contributed by atoms with Crippen molar-refractivity contribution in [2.45, 2.75) is 37.8 Å². The number of pyridine rings is 1. The van der Waals surface area contributed by atoms with Crippen molar-refractivity contribution in [3.05, 3.63) is 24.2 Å². The number of aromatic nitrogens is 3. The van der Waals surface area contributed by atoms with E-state index in [0.29, 0.717) is 17.8 Å². The Balaban J connectivity index is 1.48. The summed E-state index contributed by atoms with van der Waals surface area (Å²) in [6.45, 7) is 2.63. The molecule has 2 fully saturated rings. The van der Waals surface area contributed by atoms with Gasteiger partial charge in [0, 0.05) is 30.2 Å². The first-order chi connectivity index (χ1) is 11.2. The summed E-state index contributed by atoms with van der Waals surface area (Å²) in [4.78, 5) is 8.70. The standard InChI is InChI=1S/C16H20N4O2S/c1-11-18-15(22-20-11)12-2-5-17-14(8-12)19-13-3-6-21-16(9-13)4-7-23-10-16/h2,5,8,13H,3-4,6-7,9-10H2,1H3,(H,17,19)/t13-,16-/m0/s1. The highest BCUT2D eigenvalue weighted by Crippen LogP contribution is 2.39. The highest BCUT2D eigenvalue weighted by atomic mass is 32.2. The van der Waals surface area contributed by atoms with Crippen LogP contribution in [0.5, 0.6) is 0 Å². The Morgan fingerprint density at radius 2 is 2.39 bits per heavy atom. The summed E-state index contributed by atoms with van der Waals surface area (Å²) in [5.41, 5.74) is 0.961. The summed E-state index contributed by atoms with van der Waals surface area (Å²) in [6, 6.07) is 4.25. The maximum Gasteiger partial charge on any atom is 0.258 e. The van der Waals surface area contributed by atoms with E-state index in [1.807, 2.05) is 30.8 Å². The maximum atomic E-state index is 6.08. The SMILES string of the molecule is Cc1noc(-c2ccnc(N[C@H]3CCO[C@@]4(CCSC4)C3)c2)n1. The van der Waals surface area contributed by atoms with Crippen LogP contribution in [-0.4, -0.2) is 44.9 Å². The molecule has 2 atom stereocenters. The third kappa shape index (κ3) is 3.21. The summed E-state index contributed by atoms with van der Waals surface area (Å²) in [5, 5.41) is 7.40. The van der Waals surface area contributed by atoms with E-state index in [2.05, 4.69) is 20.4 Å². The van der Waals surface area contributed by atoms with E-state index >= 15 is 0 Å². The summed E-state index contributed by atoms with van der Waals surface area (Å²) in [5.74, 6) is 4.34. The monoisotopic (exact) mass is 332 g/mol. The van der Waals surface area contributed by atoms with E-state index < -0.39 is 0 Å². The fourth-order valence-electron chi connectivity index (χ4n) is 3.28. The van der Waals surface area contributed by atoms with E-state index in [1.54, 1.807) is 6.20 Å². The predicted octanol–water partition coefficient (Wildman–Crippen LogP) is 2.91. The van der Waals surface area contributed by atoms with Crippen LogP contribution in [0.25, 0.3) is 11.5 Å². The van der Waals surface area contributed by atoms with Crippen molar-refractivity contribution >= 4 is 17.6 Å². The Labute approximate surface area is 139 Å². The lowest BCUT2D eigenvalue weighted by Gasteiger charge is -2.38. The molecule has 2 aliphatic rings. The molecule has 1 spiro atoms. The Hall–Kier alpha value is -1.60. The molecule has 0 unspecified atom stereocenters. The van der Waals surface area contributed by atoms with Crippen molar-refractivity contribution in [3.8, 4) is 11.5 Å². The zero-order valence-corrected chi connectivity index (χ0v) is 13.9. The van der Waals surface area contributed by atoms with Gasteiger partial charge in [-0.05, 0) is 44.1 Å².